The lowest BCUT2D eigenvalue weighted by Gasteiger charge is -2.34. The van der Waals surface area contributed by atoms with Gasteiger partial charge in [-0.25, -0.2) is 4.79 Å². The number of carbonyl (C=O) groups is 2. The normalized spacial score (nSPS) is 21.6. The van der Waals surface area contributed by atoms with Crippen molar-refractivity contribution in [3.05, 3.63) is 28.8 Å². The number of nitrogens with zero attached hydrogens (tertiary/aromatic N) is 1. The minimum absolute atomic E-state index is 0.294. The van der Waals surface area contributed by atoms with Crippen LogP contribution in [0.4, 0.5) is 0 Å². The molecular weight excluding hydrogens is 310 g/mol. The van der Waals surface area contributed by atoms with Gasteiger partial charge in [0.1, 0.15) is 5.54 Å². The van der Waals surface area contributed by atoms with E-state index in [-0.39, 0.29) is 5.91 Å². The van der Waals surface area contributed by atoms with E-state index < -0.39 is 11.5 Å². The number of carboxylic acids is 1. The molecule has 4 nitrogen and oxygen atoms in total. The average molecular weight is 328 g/mol. The Morgan fingerprint density at radius 3 is 2.76 bits per heavy atom. The van der Waals surface area contributed by atoms with E-state index in [1.165, 1.54) is 16.7 Å². The molecule has 0 radical (unpaired) electrons. The van der Waals surface area contributed by atoms with E-state index in [1.54, 1.807) is 19.1 Å². The number of aliphatic carboxylic acids is 1. The summed E-state index contributed by atoms with van der Waals surface area (Å²) in [6.45, 7) is 2.26. The number of thioether (sulfide) groups is 1. The van der Waals surface area contributed by atoms with Crippen molar-refractivity contribution in [3.63, 3.8) is 0 Å². The summed E-state index contributed by atoms with van der Waals surface area (Å²) in [5.41, 5.74) is -0.722. The highest BCUT2D eigenvalue weighted by molar-refractivity contribution is 7.98. The number of halogens is 1. The first-order valence-corrected chi connectivity index (χ1v) is 8.45. The lowest BCUT2D eigenvalue weighted by Crippen LogP contribution is -2.52. The van der Waals surface area contributed by atoms with Gasteiger partial charge in [0.05, 0.1) is 10.6 Å². The molecule has 1 aliphatic heterocycles. The van der Waals surface area contributed by atoms with E-state index in [0.29, 0.717) is 36.4 Å². The smallest absolute Gasteiger partial charge is 0.329 e. The number of rotatable bonds is 4. The van der Waals surface area contributed by atoms with Crippen LogP contribution in [0.1, 0.15) is 36.5 Å². The van der Waals surface area contributed by atoms with E-state index >= 15 is 0 Å². The quantitative estimate of drug-likeness (QED) is 0.859. The van der Waals surface area contributed by atoms with Gasteiger partial charge in [-0.05, 0) is 43.7 Å². The van der Waals surface area contributed by atoms with Gasteiger partial charge in [-0.1, -0.05) is 18.5 Å². The van der Waals surface area contributed by atoms with Crippen LogP contribution in [0, 0.1) is 0 Å². The van der Waals surface area contributed by atoms with Crippen LogP contribution in [-0.2, 0) is 4.79 Å². The van der Waals surface area contributed by atoms with Gasteiger partial charge >= 0.3 is 5.97 Å². The second-order valence-corrected chi connectivity index (χ2v) is 6.38. The summed E-state index contributed by atoms with van der Waals surface area (Å²) in [5, 5.41) is 9.93. The van der Waals surface area contributed by atoms with Gasteiger partial charge in [-0.3, -0.25) is 4.79 Å². The SMILES string of the molecule is CCC1(C(=O)O)CCCN1C(=O)c1cc(SC)ccc1Cl. The van der Waals surface area contributed by atoms with Gasteiger partial charge in [0.25, 0.3) is 5.91 Å². The maximum absolute atomic E-state index is 12.8. The molecule has 114 valence electrons. The van der Waals surface area contributed by atoms with Gasteiger partial charge in [0.2, 0.25) is 0 Å². The lowest BCUT2D eigenvalue weighted by molar-refractivity contribution is -0.148. The first kappa shape index (κ1) is 16.2. The number of carboxylic acid groups (broad SMARTS) is 1. The Morgan fingerprint density at radius 2 is 2.19 bits per heavy atom. The van der Waals surface area contributed by atoms with E-state index in [2.05, 4.69) is 0 Å². The Morgan fingerprint density at radius 1 is 1.48 bits per heavy atom. The third kappa shape index (κ3) is 2.77. The van der Waals surface area contributed by atoms with Crippen LogP contribution in [0.15, 0.2) is 23.1 Å². The molecule has 0 aliphatic carbocycles. The molecule has 1 amide bonds. The average Bonchev–Trinajstić information content (AvgIpc) is 2.92. The zero-order valence-electron chi connectivity index (χ0n) is 12.1. The number of carbonyl (C=O) groups excluding carboxylic acids is 1. The van der Waals surface area contributed by atoms with E-state index in [9.17, 15) is 14.7 Å². The minimum atomic E-state index is -1.10. The number of likely N-dealkylation sites (tertiary alicyclic amines) is 1. The Labute approximate surface area is 133 Å². The molecule has 1 unspecified atom stereocenters. The van der Waals surface area contributed by atoms with Crippen molar-refractivity contribution in [2.24, 2.45) is 0 Å². The van der Waals surface area contributed by atoms with Gasteiger partial charge < -0.3 is 10.0 Å². The molecule has 1 N–H and O–H groups in total. The molecule has 1 saturated heterocycles. The van der Waals surface area contributed by atoms with Crippen LogP contribution in [0.5, 0.6) is 0 Å². The van der Waals surface area contributed by atoms with Crippen molar-refractivity contribution < 1.29 is 14.7 Å². The molecule has 1 aromatic carbocycles. The molecule has 1 aromatic rings. The maximum Gasteiger partial charge on any atom is 0.329 e. The summed E-state index contributed by atoms with van der Waals surface area (Å²) in [5.74, 6) is -1.23. The fourth-order valence-electron chi connectivity index (χ4n) is 2.86. The molecule has 1 aliphatic rings. The predicted molar refractivity (Wildman–Crippen MR) is 84.2 cm³/mol. The number of hydrogen-bond acceptors (Lipinski definition) is 3. The van der Waals surface area contributed by atoms with Crippen LogP contribution >= 0.6 is 23.4 Å². The zero-order valence-corrected chi connectivity index (χ0v) is 13.6. The molecule has 0 bridgehead atoms. The Hall–Kier alpha value is -1.20. The van der Waals surface area contributed by atoms with Crippen molar-refractivity contribution in [2.75, 3.05) is 12.8 Å². The summed E-state index contributed by atoms with van der Waals surface area (Å²) in [4.78, 5) is 26.9. The summed E-state index contributed by atoms with van der Waals surface area (Å²) in [7, 11) is 0. The molecule has 2 rings (SSSR count). The fraction of sp³-hybridized carbons (Fsp3) is 0.467. The topological polar surface area (TPSA) is 57.6 Å². The van der Waals surface area contributed by atoms with Crippen LogP contribution < -0.4 is 0 Å². The zero-order chi connectivity index (χ0) is 15.6. The monoisotopic (exact) mass is 327 g/mol. The molecule has 21 heavy (non-hydrogen) atoms. The number of benzene rings is 1. The molecular formula is C15H18ClNO3S. The highest BCUT2D eigenvalue weighted by Crippen LogP contribution is 2.35. The maximum atomic E-state index is 12.8. The van der Waals surface area contributed by atoms with Crippen molar-refractivity contribution in [1.82, 2.24) is 4.90 Å². The molecule has 1 atom stereocenters. The molecule has 6 heteroatoms. The van der Waals surface area contributed by atoms with Gasteiger partial charge in [0.15, 0.2) is 0 Å². The van der Waals surface area contributed by atoms with Gasteiger partial charge in [-0.15, -0.1) is 11.8 Å². The second kappa shape index (κ2) is 6.28. The first-order chi connectivity index (χ1) is 9.96. The lowest BCUT2D eigenvalue weighted by atomic mass is 9.92. The first-order valence-electron chi connectivity index (χ1n) is 6.85. The van der Waals surface area contributed by atoms with Crippen molar-refractivity contribution in [1.29, 1.82) is 0 Å². The highest BCUT2D eigenvalue weighted by atomic mass is 35.5. The van der Waals surface area contributed by atoms with Gasteiger partial charge in [0, 0.05) is 11.4 Å². The Balaban J connectivity index is 2.41. The number of amides is 1. The van der Waals surface area contributed by atoms with Crippen LogP contribution in [0.2, 0.25) is 5.02 Å². The molecule has 1 fully saturated rings. The van der Waals surface area contributed by atoms with Gasteiger partial charge in [-0.2, -0.15) is 0 Å². The van der Waals surface area contributed by atoms with Crippen molar-refractivity contribution in [2.45, 2.75) is 36.6 Å². The largest absolute Gasteiger partial charge is 0.479 e. The molecule has 0 spiro atoms. The van der Waals surface area contributed by atoms with Crippen LogP contribution in [0.3, 0.4) is 0 Å². The second-order valence-electron chi connectivity index (χ2n) is 5.10. The van der Waals surface area contributed by atoms with E-state index in [4.69, 9.17) is 11.6 Å². The summed E-state index contributed by atoms with van der Waals surface area (Å²) < 4.78 is 0. The van der Waals surface area contributed by atoms with E-state index in [0.717, 1.165) is 4.90 Å². The van der Waals surface area contributed by atoms with E-state index in [1.807, 2.05) is 12.3 Å². The Bertz CT molecular complexity index is 578. The fourth-order valence-corrected chi connectivity index (χ4v) is 3.49. The Kier molecular flexibility index (Phi) is 4.84. The standard InChI is InChI=1S/C15H18ClNO3S/c1-3-15(14(19)20)7-4-8-17(15)13(18)11-9-10(21-2)5-6-12(11)16/h5-6,9H,3-4,7-8H2,1-2H3,(H,19,20). The third-order valence-corrected chi connectivity index (χ3v) is 5.18. The van der Waals surface area contributed by atoms with Crippen LogP contribution in [0.25, 0.3) is 0 Å². The van der Waals surface area contributed by atoms with Crippen molar-refractivity contribution in [3.8, 4) is 0 Å². The molecule has 0 aromatic heterocycles. The molecule has 1 heterocycles. The summed E-state index contributed by atoms with van der Waals surface area (Å²) >= 11 is 7.66. The summed E-state index contributed by atoms with van der Waals surface area (Å²) in [6.07, 6.45) is 3.50. The summed E-state index contributed by atoms with van der Waals surface area (Å²) in [6, 6.07) is 5.26. The number of hydrogen-bond donors (Lipinski definition) is 1. The third-order valence-electron chi connectivity index (χ3n) is 4.12. The minimum Gasteiger partial charge on any atom is -0.479 e. The predicted octanol–water partition coefficient (Wildman–Crippen LogP) is 3.53. The van der Waals surface area contributed by atoms with Crippen molar-refractivity contribution >= 4 is 35.2 Å². The highest BCUT2D eigenvalue weighted by Gasteiger charge is 2.48. The van der Waals surface area contributed by atoms with Crippen LogP contribution in [-0.4, -0.2) is 40.2 Å². The molecule has 0 saturated carbocycles.